The maximum Gasteiger partial charge on any atom is 0.251 e. The zero-order valence-electron chi connectivity index (χ0n) is 13.9. The third kappa shape index (κ3) is 3.92. The molecule has 1 unspecified atom stereocenters. The van der Waals surface area contributed by atoms with Gasteiger partial charge in [-0.05, 0) is 31.2 Å². The van der Waals surface area contributed by atoms with Crippen molar-refractivity contribution in [2.45, 2.75) is 63.5 Å². The molecule has 1 aromatic carbocycles. The van der Waals surface area contributed by atoms with E-state index >= 15 is 0 Å². The average molecular weight is 314 g/mol. The maximum absolute atomic E-state index is 12.9. The molecule has 0 spiro atoms. The standard InChI is InChI=1S/C19H26N2O2/c1-15-21-19(14-23-15,13-12-16-8-4-2-5-9-16)18(22)20-17-10-6-3-7-11-17/h2,4-5,8-9,17H,3,6-7,10-14H2,1H3,(H,20,22). The van der Waals surface area contributed by atoms with E-state index in [1.165, 1.54) is 24.8 Å². The first-order valence-corrected chi connectivity index (χ1v) is 8.72. The van der Waals surface area contributed by atoms with Crippen LogP contribution in [0.15, 0.2) is 35.3 Å². The summed E-state index contributed by atoms with van der Waals surface area (Å²) < 4.78 is 5.56. The summed E-state index contributed by atoms with van der Waals surface area (Å²) in [5.41, 5.74) is 0.481. The van der Waals surface area contributed by atoms with Gasteiger partial charge < -0.3 is 10.1 Å². The molecule has 3 rings (SSSR count). The molecule has 1 aliphatic carbocycles. The lowest BCUT2D eigenvalue weighted by molar-refractivity contribution is -0.127. The van der Waals surface area contributed by atoms with E-state index in [0.29, 0.717) is 25.0 Å². The van der Waals surface area contributed by atoms with Crippen molar-refractivity contribution in [1.29, 1.82) is 0 Å². The molecule has 124 valence electrons. The molecule has 1 heterocycles. The molecule has 23 heavy (non-hydrogen) atoms. The van der Waals surface area contributed by atoms with Crippen LogP contribution >= 0.6 is 0 Å². The van der Waals surface area contributed by atoms with Crippen LogP contribution in [0.5, 0.6) is 0 Å². The van der Waals surface area contributed by atoms with Crippen LogP contribution in [0.4, 0.5) is 0 Å². The number of amides is 1. The lowest BCUT2D eigenvalue weighted by atomic mass is 9.90. The molecule has 1 aliphatic heterocycles. The number of benzene rings is 1. The third-order valence-corrected chi connectivity index (χ3v) is 4.92. The number of nitrogens with one attached hydrogen (secondary N) is 1. The quantitative estimate of drug-likeness (QED) is 0.907. The summed E-state index contributed by atoms with van der Waals surface area (Å²) in [5, 5.41) is 3.23. The fourth-order valence-electron chi connectivity index (χ4n) is 3.51. The lowest BCUT2D eigenvalue weighted by Gasteiger charge is -2.29. The van der Waals surface area contributed by atoms with Gasteiger partial charge in [0, 0.05) is 13.0 Å². The highest BCUT2D eigenvalue weighted by atomic mass is 16.5. The average Bonchev–Trinajstić information content (AvgIpc) is 2.97. The van der Waals surface area contributed by atoms with E-state index in [9.17, 15) is 4.79 Å². The van der Waals surface area contributed by atoms with E-state index in [0.717, 1.165) is 19.3 Å². The van der Waals surface area contributed by atoms with Gasteiger partial charge in [0.1, 0.15) is 6.61 Å². The molecule has 1 atom stereocenters. The second-order valence-electron chi connectivity index (χ2n) is 6.75. The number of aryl methyl sites for hydroxylation is 1. The van der Waals surface area contributed by atoms with Crippen molar-refractivity contribution >= 4 is 11.8 Å². The molecular weight excluding hydrogens is 288 g/mol. The van der Waals surface area contributed by atoms with Crippen molar-refractivity contribution in [3.8, 4) is 0 Å². The fraction of sp³-hybridized carbons (Fsp3) is 0.579. The Hall–Kier alpha value is -1.84. The molecule has 1 saturated carbocycles. The van der Waals surface area contributed by atoms with Crippen molar-refractivity contribution < 1.29 is 9.53 Å². The van der Waals surface area contributed by atoms with Crippen molar-refractivity contribution in [2.24, 2.45) is 4.99 Å². The second-order valence-corrected chi connectivity index (χ2v) is 6.75. The SMILES string of the molecule is CC1=NC(CCc2ccccc2)(C(=O)NC2CCCCC2)CO1. The number of rotatable bonds is 5. The molecule has 0 radical (unpaired) electrons. The topological polar surface area (TPSA) is 50.7 Å². The Morgan fingerprint density at radius 3 is 2.65 bits per heavy atom. The number of hydrogen-bond donors (Lipinski definition) is 1. The lowest BCUT2D eigenvalue weighted by Crippen LogP contribution is -2.50. The summed E-state index contributed by atoms with van der Waals surface area (Å²) in [6.07, 6.45) is 7.40. The van der Waals surface area contributed by atoms with Crippen LogP contribution < -0.4 is 5.32 Å². The third-order valence-electron chi connectivity index (χ3n) is 4.92. The largest absolute Gasteiger partial charge is 0.478 e. The molecule has 1 N–H and O–H groups in total. The highest BCUT2D eigenvalue weighted by Gasteiger charge is 2.43. The van der Waals surface area contributed by atoms with Crippen LogP contribution in [0.25, 0.3) is 0 Å². The van der Waals surface area contributed by atoms with Crippen molar-refractivity contribution in [3.63, 3.8) is 0 Å². The fourth-order valence-corrected chi connectivity index (χ4v) is 3.51. The molecule has 1 aromatic rings. The Kier molecular flexibility index (Phi) is 4.99. The molecule has 1 amide bonds. The number of ether oxygens (including phenoxy) is 1. The number of carbonyl (C=O) groups is 1. The van der Waals surface area contributed by atoms with Gasteiger partial charge in [0.15, 0.2) is 11.4 Å². The Morgan fingerprint density at radius 2 is 2.00 bits per heavy atom. The van der Waals surface area contributed by atoms with E-state index in [2.05, 4.69) is 22.4 Å². The van der Waals surface area contributed by atoms with Gasteiger partial charge >= 0.3 is 0 Å². The molecular formula is C19H26N2O2. The summed E-state index contributed by atoms with van der Waals surface area (Å²) in [6, 6.07) is 10.6. The second kappa shape index (κ2) is 7.16. The first kappa shape index (κ1) is 16.0. The van der Waals surface area contributed by atoms with Gasteiger partial charge in [-0.25, -0.2) is 4.99 Å². The Bertz CT molecular complexity index is 564. The Balaban J connectivity index is 1.67. The molecule has 2 aliphatic rings. The number of carbonyl (C=O) groups excluding carboxylic acids is 1. The van der Waals surface area contributed by atoms with Crippen LogP contribution in [0.1, 0.15) is 51.0 Å². The van der Waals surface area contributed by atoms with Gasteiger partial charge in [0.05, 0.1) is 0 Å². The minimum atomic E-state index is -0.753. The predicted molar refractivity (Wildman–Crippen MR) is 91.6 cm³/mol. The smallest absolute Gasteiger partial charge is 0.251 e. The number of hydrogen-bond acceptors (Lipinski definition) is 3. The van der Waals surface area contributed by atoms with Gasteiger partial charge in [0.25, 0.3) is 5.91 Å². The minimum Gasteiger partial charge on any atom is -0.478 e. The van der Waals surface area contributed by atoms with Crippen LogP contribution in [0, 0.1) is 0 Å². The molecule has 0 aromatic heterocycles. The van der Waals surface area contributed by atoms with Gasteiger partial charge in [-0.1, -0.05) is 49.6 Å². The molecule has 4 heteroatoms. The molecule has 0 saturated heterocycles. The summed E-state index contributed by atoms with van der Waals surface area (Å²) in [4.78, 5) is 17.5. The summed E-state index contributed by atoms with van der Waals surface area (Å²) in [5.74, 6) is 0.661. The van der Waals surface area contributed by atoms with Crippen molar-refractivity contribution in [1.82, 2.24) is 5.32 Å². The van der Waals surface area contributed by atoms with Crippen LogP contribution in [-0.2, 0) is 16.0 Å². The van der Waals surface area contributed by atoms with Crippen molar-refractivity contribution in [2.75, 3.05) is 6.61 Å². The van der Waals surface area contributed by atoms with E-state index in [4.69, 9.17) is 4.74 Å². The van der Waals surface area contributed by atoms with Gasteiger partial charge in [0.2, 0.25) is 0 Å². The zero-order chi connectivity index (χ0) is 16.1. The normalized spacial score (nSPS) is 24.8. The summed E-state index contributed by atoms with van der Waals surface area (Å²) >= 11 is 0. The highest BCUT2D eigenvalue weighted by Crippen LogP contribution is 2.27. The Labute approximate surface area is 138 Å². The van der Waals surface area contributed by atoms with Gasteiger partial charge in [-0.15, -0.1) is 0 Å². The van der Waals surface area contributed by atoms with E-state index in [-0.39, 0.29) is 5.91 Å². The van der Waals surface area contributed by atoms with E-state index in [1.807, 2.05) is 25.1 Å². The maximum atomic E-state index is 12.9. The van der Waals surface area contributed by atoms with E-state index in [1.54, 1.807) is 0 Å². The Morgan fingerprint density at radius 1 is 1.26 bits per heavy atom. The van der Waals surface area contributed by atoms with E-state index < -0.39 is 5.54 Å². The van der Waals surface area contributed by atoms with Crippen LogP contribution in [0.2, 0.25) is 0 Å². The first-order chi connectivity index (χ1) is 11.2. The first-order valence-electron chi connectivity index (χ1n) is 8.72. The highest BCUT2D eigenvalue weighted by molar-refractivity contribution is 5.92. The summed E-state index contributed by atoms with van der Waals surface area (Å²) in [7, 11) is 0. The zero-order valence-corrected chi connectivity index (χ0v) is 13.9. The molecule has 4 nitrogen and oxygen atoms in total. The molecule has 1 fully saturated rings. The van der Waals surface area contributed by atoms with Crippen LogP contribution in [-0.4, -0.2) is 30.0 Å². The van der Waals surface area contributed by atoms with Crippen molar-refractivity contribution in [3.05, 3.63) is 35.9 Å². The number of aliphatic imine (C=N–C) groups is 1. The molecule has 0 bridgehead atoms. The van der Waals surface area contributed by atoms with Gasteiger partial charge in [-0.3, -0.25) is 4.79 Å². The monoisotopic (exact) mass is 314 g/mol. The predicted octanol–water partition coefficient (Wildman–Crippen LogP) is 3.26. The van der Waals surface area contributed by atoms with Crippen LogP contribution in [0.3, 0.4) is 0 Å². The number of nitrogens with zero attached hydrogens (tertiary/aromatic N) is 1. The minimum absolute atomic E-state index is 0.0391. The summed E-state index contributed by atoms with van der Waals surface area (Å²) in [6.45, 7) is 2.20. The van der Waals surface area contributed by atoms with Gasteiger partial charge in [-0.2, -0.15) is 0 Å².